The third-order valence-corrected chi connectivity index (χ3v) is 4.24. The van der Waals surface area contributed by atoms with Gasteiger partial charge in [-0.15, -0.1) is 0 Å². The molecule has 1 aromatic rings. The maximum atomic E-state index is 5.76. The van der Waals surface area contributed by atoms with E-state index in [9.17, 15) is 0 Å². The average Bonchev–Trinajstić information content (AvgIpc) is 3.03. The second-order valence-electron chi connectivity index (χ2n) is 6.55. The van der Waals surface area contributed by atoms with Gasteiger partial charge in [-0.05, 0) is 32.2 Å². The molecule has 2 rings (SSSR count). The lowest BCUT2D eigenvalue weighted by Crippen LogP contribution is -2.42. The molecule has 0 amide bonds. The SMILES string of the molecule is CCCNC(Cc1ncnn1CC(C)C)C1CCOC1C. The fraction of sp³-hybridized carbons (Fsp3) is 0.875. The zero-order chi connectivity index (χ0) is 15.2. The van der Waals surface area contributed by atoms with Crippen molar-refractivity contribution in [3.05, 3.63) is 12.2 Å². The summed E-state index contributed by atoms with van der Waals surface area (Å²) < 4.78 is 7.82. The Morgan fingerprint density at radius 2 is 2.29 bits per heavy atom. The molecule has 1 aliphatic rings. The van der Waals surface area contributed by atoms with Crippen LogP contribution in [0.5, 0.6) is 0 Å². The summed E-state index contributed by atoms with van der Waals surface area (Å²) in [6, 6.07) is 0.428. The van der Waals surface area contributed by atoms with Crippen LogP contribution in [0.15, 0.2) is 6.33 Å². The van der Waals surface area contributed by atoms with Crippen molar-refractivity contribution < 1.29 is 4.74 Å². The Bertz CT molecular complexity index is 418. The van der Waals surface area contributed by atoms with Gasteiger partial charge in [-0.2, -0.15) is 5.10 Å². The van der Waals surface area contributed by atoms with Gasteiger partial charge in [-0.3, -0.25) is 0 Å². The third kappa shape index (κ3) is 4.51. The molecule has 120 valence electrons. The van der Waals surface area contributed by atoms with Crippen LogP contribution >= 0.6 is 0 Å². The first-order valence-corrected chi connectivity index (χ1v) is 8.33. The van der Waals surface area contributed by atoms with E-state index in [-0.39, 0.29) is 0 Å². The van der Waals surface area contributed by atoms with Crippen LogP contribution in [-0.2, 0) is 17.7 Å². The third-order valence-electron chi connectivity index (χ3n) is 4.24. The van der Waals surface area contributed by atoms with Crippen LogP contribution < -0.4 is 5.32 Å². The van der Waals surface area contributed by atoms with Crippen molar-refractivity contribution in [1.29, 1.82) is 0 Å². The maximum absolute atomic E-state index is 5.76. The standard InChI is InChI=1S/C16H30N4O/c1-5-7-17-15(14-6-8-21-13(14)4)9-16-18-11-19-20(16)10-12(2)3/h11-15,17H,5-10H2,1-4H3. The largest absolute Gasteiger partial charge is 0.378 e. The van der Waals surface area contributed by atoms with Gasteiger partial charge in [0.15, 0.2) is 0 Å². The lowest BCUT2D eigenvalue weighted by molar-refractivity contribution is 0.0949. The van der Waals surface area contributed by atoms with E-state index in [1.54, 1.807) is 6.33 Å². The number of aromatic nitrogens is 3. The summed E-state index contributed by atoms with van der Waals surface area (Å²) in [5.74, 6) is 2.25. The predicted octanol–water partition coefficient (Wildman–Crippen LogP) is 2.27. The first kappa shape index (κ1) is 16.4. The molecule has 21 heavy (non-hydrogen) atoms. The van der Waals surface area contributed by atoms with Crippen LogP contribution in [0.2, 0.25) is 0 Å². The molecule has 0 aromatic carbocycles. The molecule has 2 heterocycles. The topological polar surface area (TPSA) is 52.0 Å². The maximum Gasteiger partial charge on any atom is 0.138 e. The highest BCUT2D eigenvalue weighted by Crippen LogP contribution is 2.25. The molecular formula is C16H30N4O. The molecule has 3 unspecified atom stereocenters. The lowest BCUT2D eigenvalue weighted by atomic mass is 9.90. The van der Waals surface area contributed by atoms with E-state index in [1.807, 2.05) is 0 Å². The van der Waals surface area contributed by atoms with Crippen LogP contribution in [0, 0.1) is 11.8 Å². The van der Waals surface area contributed by atoms with Crippen molar-refractivity contribution in [3.8, 4) is 0 Å². The van der Waals surface area contributed by atoms with Gasteiger partial charge in [0.25, 0.3) is 0 Å². The smallest absolute Gasteiger partial charge is 0.138 e. The summed E-state index contributed by atoms with van der Waals surface area (Å²) in [6.07, 6.45) is 5.24. The number of nitrogens with one attached hydrogen (secondary N) is 1. The van der Waals surface area contributed by atoms with Gasteiger partial charge in [0, 0.05) is 31.5 Å². The minimum Gasteiger partial charge on any atom is -0.378 e. The van der Waals surface area contributed by atoms with E-state index >= 15 is 0 Å². The van der Waals surface area contributed by atoms with Crippen molar-refractivity contribution >= 4 is 0 Å². The quantitative estimate of drug-likeness (QED) is 0.799. The summed E-state index contributed by atoms with van der Waals surface area (Å²) in [5.41, 5.74) is 0. The first-order chi connectivity index (χ1) is 10.1. The second-order valence-corrected chi connectivity index (χ2v) is 6.55. The van der Waals surface area contributed by atoms with E-state index < -0.39 is 0 Å². The lowest BCUT2D eigenvalue weighted by Gasteiger charge is -2.27. The Kier molecular flexibility index (Phi) is 6.18. The molecule has 1 saturated heterocycles. The van der Waals surface area contributed by atoms with E-state index in [4.69, 9.17) is 4.74 Å². The van der Waals surface area contributed by atoms with E-state index in [0.29, 0.717) is 24.0 Å². The normalized spacial score (nSPS) is 23.9. The van der Waals surface area contributed by atoms with Crippen molar-refractivity contribution in [2.75, 3.05) is 13.2 Å². The Morgan fingerprint density at radius 1 is 1.48 bits per heavy atom. The molecule has 5 heteroatoms. The molecule has 0 bridgehead atoms. The van der Waals surface area contributed by atoms with Gasteiger partial charge < -0.3 is 10.1 Å². The Hall–Kier alpha value is -0.940. The highest BCUT2D eigenvalue weighted by Gasteiger charge is 2.32. The summed E-state index contributed by atoms with van der Waals surface area (Å²) in [7, 11) is 0. The minimum atomic E-state index is 0.334. The van der Waals surface area contributed by atoms with Crippen molar-refractivity contribution in [3.63, 3.8) is 0 Å². The molecule has 5 nitrogen and oxygen atoms in total. The fourth-order valence-electron chi connectivity index (χ4n) is 3.12. The van der Waals surface area contributed by atoms with Crippen LogP contribution in [-0.4, -0.2) is 40.1 Å². The first-order valence-electron chi connectivity index (χ1n) is 8.33. The Morgan fingerprint density at radius 3 is 2.90 bits per heavy atom. The number of hydrogen-bond donors (Lipinski definition) is 1. The average molecular weight is 294 g/mol. The molecule has 1 aromatic heterocycles. The molecule has 1 fully saturated rings. The molecule has 0 spiro atoms. The van der Waals surface area contributed by atoms with E-state index in [2.05, 4.69) is 47.8 Å². The number of hydrogen-bond acceptors (Lipinski definition) is 4. The minimum absolute atomic E-state index is 0.334. The van der Waals surface area contributed by atoms with Crippen LogP contribution in [0.1, 0.15) is 46.4 Å². The summed E-state index contributed by atoms with van der Waals surface area (Å²) in [6.45, 7) is 11.7. The van der Waals surface area contributed by atoms with Gasteiger partial charge in [0.2, 0.25) is 0 Å². The van der Waals surface area contributed by atoms with Gasteiger partial charge >= 0.3 is 0 Å². The summed E-state index contributed by atoms with van der Waals surface area (Å²) in [4.78, 5) is 4.48. The highest BCUT2D eigenvalue weighted by atomic mass is 16.5. The number of nitrogens with zero attached hydrogens (tertiary/aromatic N) is 3. The predicted molar refractivity (Wildman–Crippen MR) is 84.2 cm³/mol. The Balaban J connectivity index is 2.05. The number of ether oxygens (including phenoxy) is 1. The van der Waals surface area contributed by atoms with Gasteiger partial charge in [-0.1, -0.05) is 20.8 Å². The van der Waals surface area contributed by atoms with Crippen LogP contribution in [0.25, 0.3) is 0 Å². The molecule has 0 saturated carbocycles. The monoisotopic (exact) mass is 294 g/mol. The highest BCUT2D eigenvalue weighted by molar-refractivity contribution is 4.95. The zero-order valence-electron chi connectivity index (χ0n) is 13.9. The van der Waals surface area contributed by atoms with Gasteiger partial charge in [0.05, 0.1) is 6.10 Å². The molecular weight excluding hydrogens is 264 g/mol. The van der Waals surface area contributed by atoms with Crippen LogP contribution in [0.4, 0.5) is 0 Å². The van der Waals surface area contributed by atoms with Crippen molar-refractivity contribution in [2.45, 2.75) is 65.6 Å². The van der Waals surface area contributed by atoms with E-state index in [0.717, 1.165) is 44.8 Å². The summed E-state index contributed by atoms with van der Waals surface area (Å²) >= 11 is 0. The molecule has 0 radical (unpaired) electrons. The Labute approximate surface area is 128 Å². The van der Waals surface area contributed by atoms with Gasteiger partial charge in [0.1, 0.15) is 12.2 Å². The van der Waals surface area contributed by atoms with E-state index in [1.165, 1.54) is 0 Å². The fourth-order valence-corrected chi connectivity index (χ4v) is 3.12. The van der Waals surface area contributed by atoms with Crippen molar-refractivity contribution in [2.24, 2.45) is 11.8 Å². The number of rotatable bonds is 8. The molecule has 1 N–H and O–H groups in total. The van der Waals surface area contributed by atoms with Crippen molar-refractivity contribution in [1.82, 2.24) is 20.1 Å². The second kappa shape index (κ2) is 7.90. The molecule has 0 aliphatic carbocycles. The molecule has 3 atom stereocenters. The molecule has 1 aliphatic heterocycles. The summed E-state index contributed by atoms with van der Waals surface area (Å²) in [5, 5.41) is 8.08. The van der Waals surface area contributed by atoms with Gasteiger partial charge in [-0.25, -0.2) is 9.67 Å². The zero-order valence-corrected chi connectivity index (χ0v) is 13.9. The van der Waals surface area contributed by atoms with Crippen LogP contribution in [0.3, 0.4) is 0 Å².